The van der Waals surface area contributed by atoms with Crippen molar-refractivity contribution in [2.45, 2.75) is 24.9 Å². The number of fused-ring (bicyclic) bond motifs is 2. The van der Waals surface area contributed by atoms with Crippen LogP contribution in [0.1, 0.15) is 18.4 Å². The normalized spacial score (nSPS) is 18.2. The van der Waals surface area contributed by atoms with E-state index in [1.165, 1.54) is 16.5 Å². The third-order valence-corrected chi connectivity index (χ3v) is 7.07. The van der Waals surface area contributed by atoms with Gasteiger partial charge in [0.2, 0.25) is 0 Å². The molecule has 1 saturated heterocycles. The number of nitrogens with one attached hydrogen (secondary N) is 2. The van der Waals surface area contributed by atoms with Crippen molar-refractivity contribution in [3.63, 3.8) is 0 Å². The third-order valence-electron chi connectivity index (χ3n) is 6.35. The van der Waals surface area contributed by atoms with E-state index in [1.54, 1.807) is 0 Å². The van der Waals surface area contributed by atoms with E-state index in [-0.39, 0.29) is 5.54 Å². The Morgan fingerprint density at radius 2 is 1.83 bits per heavy atom. The van der Waals surface area contributed by atoms with Gasteiger partial charge in [0.1, 0.15) is 5.84 Å². The number of rotatable bonds is 2. The summed E-state index contributed by atoms with van der Waals surface area (Å²) in [6.07, 6.45) is 4.05. The van der Waals surface area contributed by atoms with Crippen LogP contribution in [0.25, 0.3) is 10.9 Å². The predicted molar refractivity (Wildman–Crippen MR) is 126 cm³/mol. The Morgan fingerprint density at radius 3 is 2.63 bits per heavy atom. The van der Waals surface area contributed by atoms with Gasteiger partial charge in [0.05, 0.1) is 27.0 Å². The Labute approximate surface area is 186 Å². The number of hydrogen-bond acceptors (Lipinski definition) is 4. The van der Waals surface area contributed by atoms with Crippen LogP contribution in [0.4, 0.5) is 11.4 Å². The molecule has 2 aromatic carbocycles. The molecule has 1 aromatic heterocycles. The number of amidine groups is 1. The summed E-state index contributed by atoms with van der Waals surface area (Å²) in [4.78, 5) is 7.37. The molecule has 0 radical (unpaired) electrons. The van der Waals surface area contributed by atoms with Gasteiger partial charge in [0, 0.05) is 38.4 Å². The van der Waals surface area contributed by atoms with E-state index in [0.29, 0.717) is 10.0 Å². The van der Waals surface area contributed by atoms with Crippen LogP contribution in [0.15, 0.2) is 47.6 Å². The number of nitrogens with zero attached hydrogens (tertiary/aromatic N) is 3. The number of hydrogen-bond donors (Lipinski definition) is 2. The average Bonchev–Trinajstić information content (AvgIpc) is 3.10. The maximum absolute atomic E-state index is 6.28. The summed E-state index contributed by atoms with van der Waals surface area (Å²) in [6.45, 7) is 2.75. The highest BCUT2D eigenvalue weighted by atomic mass is 35.5. The summed E-state index contributed by atoms with van der Waals surface area (Å²) in [5.74, 6) is 0.980. The summed E-state index contributed by atoms with van der Waals surface area (Å²) in [5.41, 5.74) is 4.03. The van der Waals surface area contributed by atoms with Gasteiger partial charge in [-0.25, -0.2) is 4.99 Å². The smallest absolute Gasteiger partial charge is 0.128 e. The zero-order chi connectivity index (χ0) is 20.9. The van der Waals surface area contributed by atoms with Crippen LogP contribution in [0.2, 0.25) is 10.0 Å². The number of anilines is 1. The SMILES string of the molecule is CN1CCC2(CC1)Nc1cc(Cl)c(Cl)cc1N=C2NCc1ccc2ccn(C)c2c1. The fraction of sp³-hybridized carbons (Fsp3) is 0.348. The summed E-state index contributed by atoms with van der Waals surface area (Å²) in [7, 11) is 4.24. The lowest BCUT2D eigenvalue weighted by Crippen LogP contribution is -2.58. The fourth-order valence-corrected chi connectivity index (χ4v) is 4.77. The van der Waals surface area contributed by atoms with Crippen LogP contribution in [0.5, 0.6) is 0 Å². The van der Waals surface area contributed by atoms with Crippen molar-refractivity contribution in [1.29, 1.82) is 0 Å². The molecule has 7 heteroatoms. The van der Waals surface area contributed by atoms with Crippen LogP contribution in [0.3, 0.4) is 0 Å². The van der Waals surface area contributed by atoms with Gasteiger partial charge in [-0.2, -0.15) is 0 Å². The topological polar surface area (TPSA) is 44.6 Å². The fourth-order valence-electron chi connectivity index (χ4n) is 4.45. The number of benzene rings is 2. The molecule has 1 fully saturated rings. The minimum Gasteiger partial charge on any atom is -0.371 e. The Balaban J connectivity index is 1.47. The second-order valence-corrected chi connectivity index (χ2v) is 9.24. The maximum Gasteiger partial charge on any atom is 0.128 e. The van der Waals surface area contributed by atoms with E-state index in [1.807, 2.05) is 12.1 Å². The quantitative estimate of drug-likeness (QED) is 0.574. The number of piperidine rings is 1. The van der Waals surface area contributed by atoms with Gasteiger partial charge >= 0.3 is 0 Å². The van der Waals surface area contributed by atoms with E-state index < -0.39 is 0 Å². The minimum absolute atomic E-state index is 0.217. The number of likely N-dealkylation sites (tertiary alicyclic amines) is 1. The van der Waals surface area contributed by atoms with Gasteiger partial charge in [0.25, 0.3) is 0 Å². The number of aryl methyl sites for hydroxylation is 1. The van der Waals surface area contributed by atoms with Crippen LogP contribution >= 0.6 is 23.2 Å². The Bertz CT molecular complexity index is 1140. The van der Waals surface area contributed by atoms with Crippen molar-refractivity contribution < 1.29 is 0 Å². The first-order valence-corrected chi connectivity index (χ1v) is 11.0. The number of halogens is 2. The van der Waals surface area contributed by atoms with Gasteiger partial charge in [-0.3, -0.25) is 0 Å². The molecule has 156 valence electrons. The van der Waals surface area contributed by atoms with Gasteiger partial charge < -0.3 is 20.1 Å². The van der Waals surface area contributed by atoms with E-state index in [4.69, 9.17) is 28.2 Å². The lowest BCUT2D eigenvalue weighted by Gasteiger charge is -2.45. The van der Waals surface area contributed by atoms with Crippen molar-refractivity contribution in [2.75, 3.05) is 25.5 Å². The molecule has 2 N–H and O–H groups in total. The summed E-state index contributed by atoms with van der Waals surface area (Å²) in [6, 6.07) is 12.5. The Kier molecular flexibility index (Phi) is 4.92. The van der Waals surface area contributed by atoms with E-state index in [0.717, 1.165) is 49.7 Å². The zero-order valence-corrected chi connectivity index (χ0v) is 18.7. The Hall–Kier alpha value is -2.21. The molecule has 0 amide bonds. The van der Waals surface area contributed by atoms with Crippen LogP contribution in [0, 0.1) is 0 Å². The molecule has 0 atom stereocenters. The molecule has 0 bridgehead atoms. The first kappa shape index (κ1) is 19.7. The molecule has 2 aliphatic heterocycles. The standard InChI is InChI=1S/C23H25Cl2N5/c1-29-9-6-23(7-10-29)22(27-19-12-17(24)18(25)13-20(19)28-23)26-14-15-3-4-16-5-8-30(2)21(16)11-15/h3-5,8,11-13,28H,6-7,9-10,14H2,1-2H3,(H,26,27). The second-order valence-electron chi connectivity index (χ2n) is 8.43. The van der Waals surface area contributed by atoms with E-state index >= 15 is 0 Å². The highest BCUT2D eigenvalue weighted by Crippen LogP contribution is 2.41. The van der Waals surface area contributed by atoms with Gasteiger partial charge in [-0.1, -0.05) is 35.3 Å². The molecule has 30 heavy (non-hydrogen) atoms. The molecule has 0 unspecified atom stereocenters. The summed E-state index contributed by atoms with van der Waals surface area (Å²) in [5, 5.41) is 9.73. The van der Waals surface area contributed by atoms with Crippen molar-refractivity contribution >= 4 is 51.3 Å². The Morgan fingerprint density at radius 1 is 1.07 bits per heavy atom. The van der Waals surface area contributed by atoms with Crippen LogP contribution in [-0.4, -0.2) is 41.0 Å². The third kappa shape index (κ3) is 3.45. The number of aliphatic imine (C=N–C) groups is 1. The second kappa shape index (κ2) is 7.49. The molecule has 2 aliphatic rings. The highest BCUT2D eigenvalue weighted by molar-refractivity contribution is 6.42. The van der Waals surface area contributed by atoms with Crippen molar-refractivity contribution in [3.05, 3.63) is 58.2 Å². The molecular formula is C23H25Cl2N5. The lowest BCUT2D eigenvalue weighted by atomic mass is 9.84. The van der Waals surface area contributed by atoms with E-state index in [9.17, 15) is 0 Å². The van der Waals surface area contributed by atoms with Crippen LogP contribution in [-0.2, 0) is 13.6 Å². The highest BCUT2D eigenvalue weighted by Gasteiger charge is 2.41. The zero-order valence-electron chi connectivity index (χ0n) is 17.2. The molecule has 0 aliphatic carbocycles. The van der Waals surface area contributed by atoms with Crippen LogP contribution < -0.4 is 10.6 Å². The molecule has 5 nitrogen and oxygen atoms in total. The summed E-state index contributed by atoms with van der Waals surface area (Å²) >= 11 is 12.5. The maximum atomic E-state index is 6.28. The predicted octanol–water partition coefficient (Wildman–Crippen LogP) is 5.19. The summed E-state index contributed by atoms with van der Waals surface area (Å²) < 4.78 is 2.15. The van der Waals surface area contributed by atoms with Crippen molar-refractivity contribution in [1.82, 2.24) is 14.8 Å². The van der Waals surface area contributed by atoms with Gasteiger partial charge in [0.15, 0.2) is 0 Å². The molecular weight excluding hydrogens is 417 g/mol. The lowest BCUT2D eigenvalue weighted by molar-refractivity contribution is 0.238. The first-order chi connectivity index (χ1) is 14.4. The van der Waals surface area contributed by atoms with Gasteiger partial charge in [-0.05, 0) is 55.1 Å². The van der Waals surface area contributed by atoms with Crippen molar-refractivity contribution in [2.24, 2.45) is 12.0 Å². The molecule has 3 heterocycles. The van der Waals surface area contributed by atoms with Gasteiger partial charge in [-0.15, -0.1) is 0 Å². The average molecular weight is 442 g/mol. The minimum atomic E-state index is -0.217. The molecule has 3 aromatic rings. The first-order valence-electron chi connectivity index (χ1n) is 10.3. The monoisotopic (exact) mass is 441 g/mol. The molecule has 0 saturated carbocycles. The molecule has 1 spiro atoms. The largest absolute Gasteiger partial charge is 0.371 e. The number of aromatic nitrogens is 1. The molecule has 5 rings (SSSR count). The van der Waals surface area contributed by atoms with E-state index in [2.05, 4.69) is 64.7 Å². The van der Waals surface area contributed by atoms with Crippen molar-refractivity contribution in [3.8, 4) is 0 Å².